The topological polar surface area (TPSA) is 90.1 Å². The third-order valence-electron chi connectivity index (χ3n) is 3.47. The molecular formula is C14H12N4O4S2. The zero-order valence-corrected chi connectivity index (χ0v) is 14.0. The quantitative estimate of drug-likeness (QED) is 0.611. The third-order valence-corrected chi connectivity index (χ3v) is 5.53. The minimum absolute atomic E-state index is 0.0296. The molecule has 0 amide bonds. The van der Waals surface area contributed by atoms with E-state index >= 15 is 0 Å². The number of nitro groups is 1. The number of thiazole rings is 1. The number of rotatable bonds is 3. The molecule has 0 aliphatic carbocycles. The number of ether oxygens (including phenoxy) is 2. The fraction of sp³-hybridized carbons (Fsp3) is 0.286. The van der Waals surface area contributed by atoms with Gasteiger partial charge in [0.2, 0.25) is 0 Å². The number of fused-ring (bicyclic) bond motifs is 1. The first-order valence-electron chi connectivity index (χ1n) is 7.20. The zero-order chi connectivity index (χ0) is 16.5. The van der Waals surface area contributed by atoms with E-state index in [1.165, 1.54) is 18.0 Å². The second-order valence-electron chi connectivity index (χ2n) is 4.97. The Morgan fingerprint density at radius 2 is 2.12 bits per heavy atom. The number of thioether (sulfide) groups is 1. The lowest BCUT2D eigenvalue weighted by Gasteiger charge is -2.23. The first kappa shape index (κ1) is 15.2. The van der Waals surface area contributed by atoms with E-state index in [9.17, 15) is 10.1 Å². The van der Waals surface area contributed by atoms with E-state index in [1.54, 1.807) is 0 Å². The van der Waals surface area contributed by atoms with E-state index in [1.807, 2.05) is 18.2 Å². The van der Waals surface area contributed by atoms with Crippen molar-refractivity contribution in [3.63, 3.8) is 0 Å². The van der Waals surface area contributed by atoms with Crippen molar-refractivity contribution in [2.75, 3.05) is 31.2 Å². The standard InChI is InChI=1S/C14H12N4O4S2/c19-18(20)12-8-16-14(23-12)24-13-15-3-4-17(13)9-1-2-10-11(7-9)22-6-5-21-10/h1-2,7-8H,3-6H2. The van der Waals surface area contributed by atoms with Crippen LogP contribution < -0.4 is 14.4 Å². The molecule has 0 saturated carbocycles. The van der Waals surface area contributed by atoms with Crippen LogP contribution in [0.15, 0.2) is 33.7 Å². The number of benzene rings is 1. The molecule has 0 spiro atoms. The number of aliphatic imine (C=N–C) groups is 1. The van der Waals surface area contributed by atoms with E-state index in [-0.39, 0.29) is 5.00 Å². The first-order valence-corrected chi connectivity index (χ1v) is 8.84. The van der Waals surface area contributed by atoms with Crippen molar-refractivity contribution in [2.24, 2.45) is 4.99 Å². The van der Waals surface area contributed by atoms with Gasteiger partial charge in [0, 0.05) is 18.3 Å². The minimum Gasteiger partial charge on any atom is -0.486 e. The predicted molar refractivity (Wildman–Crippen MR) is 91.7 cm³/mol. The summed E-state index contributed by atoms with van der Waals surface area (Å²) in [5.41, 5.74) is 0.953. The lowest BCUT2D eigenvalue weighted by atomic mass is 10.2. The van der Waals surface area contributed by atoms with Crippen molar-refractivity contribution in [1.82, 2.24) is 4.98 Å². The molecule has 1 aromatic carbocycles. The van der Waals surface area contributed by atoms with E-state index in [0.29, 0.717) is 24.1 Å². The van der Waals surface area contributed by atoms with Gasteiger partial charge in [-0.15, -0.1) is 0 Å². The summed E-state index contributed by atoms with van der Waals surface area (Å²) >= 11 is 2.39. The highest BCUT2D eigenvalue weighted by Crippen LogP contribution is 2.37. The molecule has 2 aliphatic rings. The van der Waals surface area contributed by atoms with E-state index < -0.39 is 4.92 Å². The van der Waals surface area contributed by atoms with E-state index in [0.717, 1.165) is 40.2 Å². The van der Waals surface area contributed by atoms with Crippen LogP contribution in [0.5, 0.6) is 11.5 Å². The van der Waals surface area contributed by atoms with Gasteiger partial charge in [-0.05, 0) is 35.2 Å². The fourth-order valence-electron chi connectivity index (χ4n) is 2.41. The second kappa shape index (κ2) is 6.29. The van der Waals surface area contributed by atoms with Crippen molar-refractivity contribution in [3.05, 3.63) is 34.5 Å². The van der Waals surface area contributed by atoms with Crippen molar-refractivity contribution < 1.29 is 14.4 Å². The Morgan fingerprint density at radius 3 is 2.92 bits per heavy atom. The summed E-state index contributed by atoms with van der Waals surface area (Å²) in [4.78, 5) is 21.0. The van der Waals surface area contributed by atoms with E-state index in [4.69, 9.17) is 9.47 Å². The van der Waals surface area contributed by atoms with Crippen molar-refractivity contribution in [2.45, 2.75) is 4.34 Å². The molecule has 0 N–H and O–H groups in total. The average Bonchev–Trinajstić information content (AvgIpc) is 3.24. The van der Waals surface area contributed by atoms with Gasteiger partial charge in [0.25, 0.3) is 0 Å². The summed E-state index contributed by atoms with van der Waals surface area (Å²) in [5, 5.41) is 11.6. The molecule has 0 fully saturated rings. The summed E-state index contributed by atoms with van der Waals surface area (Å²) in [6.45, 7) is 2.51. The molecule has 3 heterocycles. The summed E-state index contributed by atoms with van der Waals surface area (Å²) in [5.74, 6) is 1.46. The molecule has 0 bridgehead atoms. The molecule has 0 saturated heterocycles. The second-order valence-corrected chi connectivity index (χ2v) is 7.19. The number of hydrogen-bond acceptors (Lipinski definition) is 9. The molecule has 1 aromatic heterocycles. The van der Waals surface area contributed by atoms with E-state index in [2.05, 4.69) is 14.9 Å². The maximum Gasteiger partial charge on any atom is 0.344 e. The minimum atomic E-state index is -0.434. The molecule has 0 atom stereocenters. The number of nitrogens with zero attached hydrogens (tertiary/aromatic N) is 4. The predicted octanol–water partition coefficient (Wildman–Crippen LogP) is 2.79. The monoisotopic (exact) mass is 364 g/mol. The maximum atomic E-state index is 10.8. The highest BCUT2D eigenvalue weighted by atomic mass is 32.2. The molecule has 24 heavy (non-hydrogen) atoms. The fourth-order valence-corrected chi connectivity index (χ4v) is 4.25. The van der Waals surface area contributed by atoms with Crippen LogP contribution in [0.2, 0.25) is 0 Å². The van der Waals surface area contributed by atoms with Gasteiger partial charge in [-0.3, -0.25) is 15.1 Å². The molecule has 10 heteroatoms. The Balaban J connectivity index is 1.55. The lowest BCUT2D eigenvalue weighted by molar-refractivity contribution is -0.380. The zero-order valence-electron chi connectivity index (χ0n) is 12.4. The van der Waals surface area contributed by atoms with Crippen LogP contribution in [0.3, 0.4) is 0 Å². The summed E-state index contributed by atoms with van der Waals surface area (Å²) in [6.07, 6.45) is 1.27. The molecule has 2 aromatic rings. The number of aromatic nitrogens is 1. The average molecular weight is 364 g/mol. The van der Waals surface area contributed by atoms with Crippen LogP contribution >= 0.6 is 23.1 Å². The highest BCUT2D eigenvalue weighted by Gasteiger charge is 2.24. The van der Waals surface area contributed by atoms with Gasteiger partial charge >= 0.3 is 5.00 Å². The normalized spacial score (nSPS) is 16.2. The highest BCUT2D eigenvalue weighted by molar-refractivity contribution is 8.15. The van der Waals surface area contributed by atoms with Crippen molar-refractivity contribution >= 4 is 39.0 Å². The Morgan fingerprint density at radius 1 is 1.29 bits per heavy atom. The van der Waals surface area contributed by atoms with Crippen LogP contribution in [0.25, 0.3) is 0 Å². The Bertz CT molecular complexity index is 823. The maximum absolute atomic E-state index is 10.8. The first-order chi connectivity index (χ1) is 11.7. The number of amidine groups is 1. The Labute approximate surface area is 145 Å². The molecule has 4 rings (SSSR count). The van der Waals surface area contributed by atoms with Gasteiger partial charge in [0.1, 0.15) is 19.4 Å². The molecule has 8 nitrogen and oxygen atoms in total. The Hall–Kier alpha value is -2.33. The molecule has 2 aliphatic heterocycles. The van der Waals surface area contributed by atoms with Gasteiger partial charge < -0.3 is 14.4 Å². The van der Waals surface area contributed by atoms with Crippen molar-refractivity contribution in [1.29, 1.82) is 0 Å². The lowest BCUT2D eigenvalue weighted by Crippen LogP contribution is -2.25. The van der Waals surface area contributed by atoms with Crippen LogP contribution in [0.4, 0.5) is 10.7 Å². The van der Waals surface area contributed by atoms with Gasteiger partial charge in [-0.1, -0.05) is 0 Å². The smallest absolute Gasteiger partial charge is 0.344 e. The Kier molecular flexibility index (Phi) is 3.98. The van der Waals surface area contributed by atoms with Gasteiger partial charge in [-0.2, -0.15) is 0 Å². The largest absolute Gasteiger partial charge is 0.486 e. The van der Waals surface area contributed by atoms with Crippen LogP contribution in [0.1, 0.15) is 0 Å². The molecule has 124 valence electrons. The number of hydrogen-bond donors (Lipinski definition) is 0. The van der Waals surface area contributed by atoms with Crippen LogP contribution in [-0.4, -0.2) is 41.4 Å². The van der Waals surface area contributed by atoms with Crippen molar-refractivity contribution in [3.8, 4) is 11.5 Å². The van der Waals surface area contributed by atoms with Gasteiger partial charge in [0.15, 0.2) is 21.0 Å². The van der Waals surface area contributed by atoms with Gasteiger partial charge in [0.05, 0.1) is 11.5 Å². The molecule has 0 unspecified atom stereocenters. The van der Waals surface area contributed by atoms with Gasteiger partial charge in [-0.25, -0.2) is 4.98 Å². The summed E-state index contributed by atoms with van der Waals surface area (Å²) < 4.78 is 11.8. The molecular weight excluding hydrogens is 352 g/mol. The summed E-state index contributed by atoms with van der Waals surface area (Å²) in [6, 6.07) is 5.78. The number of anilines is 1. The van der Waals surface area contributed by atoms with Crippen LogP contribution in [-0.2, 0) is 0 Å². The van der Waals surface area contributed by atoms with Crippen LogP contribution in [0, 0.1) is 10.1 Å². The third kappa shape index (κ3) is 2.89. The SMILES string of the molecule is O=[N+]([O-])c1cnc(SC2=NCCN2c2ccc3c(c2)OCCO3)s1. The summed E-state index contributed by atoms with van der Waals surface area (Å²) in [7, 11) is 0. The molecule has 0 radical (unpaired) electrons.